The molecule has 2 aromatic carbocycles. The number of rotatable bonds is 13. The Balaban J connectivity index is 1.85. The molecule has 0 saturated carbocycles. The Morgan fingerprint density at radius 2 is 1.21 bits per heavy atom. The molecule has 2 aliphatic rings. The molecule has 0 spiro atoms. The summed E-state index contributed by atoms with van der Waals surface area (Å²) < 4.78 is -1.05. The second kappa shape index (κ2) is 12.9. The van der Waals surface area contributed by atoms with Crippen molar-refractivity contribution in [1.29, 1.82) is 0 Å². The minimum Gasteiger partial charge on any atom is -0.113 e. The van der Waals surface area contributed by atoms with E-state index in [0.29, 0.717) is 5.41 Å². The van der Waals surface area contributed by atoms with Crippen LogP contribution in [-0.4, -0.2) is 24.9 Å². The molecule has 4 rings (SSSR count). The van der Waals surface area contributed by atoms with Crippen LogP contribution in [0.25, 0.3) is 12.2 Å². The van der Waals surface area contributed by atoms with Crippen LogP contribution < -0.4 is 0 Å². The molecule has 0 saturated heterocycles. The number of halogens is 2. The van der Waals surface area contributed by atoms with Crippen LogP contribution in [0.5, 0.6) is 0 Å². The Kier molecular flexibility index (Phi) is 10.4. The summed E-state index contributed by atoms with van der Waals surface area (Å²) in [6, 6.07) is 21.5. The maximum absolute atomic E-state index is 8.46. The smallest absolute Gasteiger partial charge is 0.113 e. The van der Waals surface area contributed by atoms with Crippen LogP contribution in [0.15, 0.2) is 59.7 Å². The zero-order valence-corrected chi connectivity index (χ0v) is 32.4. The van der Waals surface area contributed by atoms with Gasteiger partial charge in [-0.3, -0.25) is 0 Å². The van der Waals surface area contributed by atoms with Gasteiger partial charge in [0.25, 0.3) is 0 Å². The Labute approximate surface area is 272 Å². The zero-order valence-electron chi connectivity index (χ0n) is 27.9. The van der Waals surface area contributed by atoms with E-state index in [0.717, 1.165) is 18.5 Å². The molecule has 229 valence electrons. The fraction of sp³-hybridized carbons (Fsp3) is 0.568. The molecule has 0 amide bonds. The number of unbranched alkanes of at least 4 members (excludes halogenated alkanes) is 3. The van der Waals surface area contributed by atoms with Crippen LogP contribution in [0.4, 0.5) is 0 Å². The largest absolute Gasteiger partial charge is 0.120 e. The standard InChI is InChI=1S/C37H55Cl2Si3/c1-35(2,3)23-16-10-11-17-25-42(9,36(38)31(22-24-40(4)5)26-29-18-12-14-20-33(29)36)37(39)32(28-41(6,7)8)27-30-19-13-15-21-34(30)37/h12-15,18-21,26-27H,10-11,16-17,22-25,28H2,1-9H3. The molecule has 0 aliphatic heterocycles. The highest BCUT2D eigenvalue weighted by atomic mass is 35.5. The Hall–Kier alpha value is -0.849. The van der Waals surface area contributed by atoms with E-state index in [4.69, 9.17) is 23.2 Å². The molecular weight excluding hydrogens is 600 g/mol. The van der Waals surface area contributed by atoms with Crippen LogP contribution in [0.1, 0.15) is 81.5 Å². The third-order valence-electron chi connectivity index (χ3n) is 9.70. The van der Waals surface area contributed by atoms with Crippen molar-refractivity contribution in [2.24, 2.45) is 5.41 Å². The van der Waals surface area contributed by atoms with Crippen molar-refractivity contribution in [3.63, 3.8) is 0 Å². The van der Waals surface area contributed by atoms with E-state index in [1.54, 1.807) is 0 Å². The Morgan fingerprint density at radius 1 is 0.714 bits per heavy atom. The highest BCUT2D eigenvalue weighted by Crippen LogP contribution is 2.65. The molecule has 0 fully saturated rings. The molecule has 2 aliphatic carbocycles. The molecule has 3 unspecified atom stereocenters. The predicted molar refractivity (Wildman–Crippen MR) is 198 cm³/mol. The molecule has 0 aromatic heterocycles. The van der Waals surface area contributed by atoms with Crippen LogP contribution in [-0.2, 0) is 8.99 Å². The van der Waals surface area contributed by atoms with Gasteiger partial charge in [-0.05, 0) is 52.1 Å². The van der Waals surface area contributed by atoms with Crippen molar-refractivity contribution in [2.75, 3.05) is 0 Å². The van der Waals surface area contributed by atoms with E-state index < -0.39 is 25.1 Å². The van der Waals surface area contributed by atoms with E-state index in [-0.39, 0.29) is 8.80 Å². The number of hydrogen-bond donors (Lipinski definition) is 0. The number of fused-ring (bicyclic) bond motifs is 2. The summed E-state index contributed by atoms with van der Waals surface area (Å²) in [5.74, 6) is 0. The van der Waals surface area contributed by atoms with Crippen molar-refractivity contribution < 1.29 is 0 Å². The van der Waals surface area contributed by atoms with E-state index in [1.807, 2.05) is 0 Å². The van der Waals surface area contributed by atoms with Crippen molar-refractivity contribution >= 4 is 60.3 Å². The summed E-state index contributed by atoms with van der Waals surface area (Å²) in [5, 5.41) is 0. The van der Waals surface area contributed by atoms with Crippen LogP contribution in [0.2, 0.25) is 57.4 Å². The average molecular weight is 655 g/mol. The lowest BCUT2D eigenvalue weighted by atomic mass is 9.89. The molecule has 0 heterocycles. The molecule has 5 heteroatoms. The molecule has 0 N–H and O–H groups in total. The lowest BCUT2D eigenvalue weighted by Gasteiger charge is -2.53. The third-order valence-corrected chi connectivity index (χ3v) is 21.4. The van der Waals surface area contributed by atoms with Crippen LogP contribution in [0.3, 0.4) is 0 Å². The topological polar surface area (TPSA) is 0 Å². The predicted octanol–water partition coefficient (Wildman–Crippen LogP) is 12.7. The third kappa shape index (κ3) is 6.71. The minimum absolute atomic E-state index is 0.381. The molecule has 0 nitrogen and oxygen atoms in total. The average Bonchev–Trinajstić information content (AvgIpc) is 3.35. The number of hydrogen-bond acceptors (Lipinski definition) is 0. The van der Waals surface area contributed by atoms with Gasteiger partial charge >= 0.3 is 0 Å². The van der Waals surface area contributed by atoms with Gasteiger partial charge in [0, 0.05) is 16.9 Å². The summed E-state index contributed by atoms with van der Waals surface area (Å²) in [5.41, 5.74) is 8.56. The second-order valence-corrected chi connectivity index (χ2v) is 30.9. The lowest BCUT2D eigenvalue weighted by molar-refractivity contribution is 0.357. The van der Waals surface area contributed by atoms with Gasteiger partial charge in [-0.2, -0.15) is 0 Å². The van der Waals surface area contributed by atoms with Gasteiger partial charge in [0.05, 0.1) is 8.99 Å². The van der Waals surface area contributed by atoms with Gasteiger partial charge in [0.15, 0.2) is 0 Å². The highest BCUT2D eigenvalue weighted by molar-refractivity contribution is 6.96. The van der Waals surface area contributed by atoms with Gasteiger partial charge in [-0.25, -0.2) is 0 Å². The first kappa shape index (κ1) is 34.0. The van der Waals surface area contributed by atoms with Gasteiger partial charge in [0.2, 0.25) is 0 Å². The summed E-state index contributed by atoms with van der Waals surface area (Å²) in [4.78, 5) is 0. The first-order chi connectivity index (χ1) is 19.5. The van der Waals surface area contributed by atoms with Gasteiger partial charge in [0.1, 0.15) is 8.07 Å². The van der Waals surface area contributed by atoms with Crippen molar-refractivity contribution in [2.45, 2.75) is 126 Å². The first-order valence-corrected chi connectivity index (χ1v) is 26.2. The summed E-state index contributed by atoms with van der Waals surface area (Å²) in [7, 11) is -4.44. The van der Waals surface area contributed by atoms with E-state index in [2.05, 4.69) is 121 Å². The molecule has 0 bridgehead atoms. The maximum atomic E-state index is 8.46. The quantitative estimate of drug-likeness (QED) is 0.115. The van der Waals surface area contributed by atoms with E-state index >= 15 is 0 Å². The van der Waals surface area contributed by atoms with Crippen molar-refractivity contribution in [1.82, 2.24) is 0 Å². The highest BCUT2D eigenvalue weighted by Gasteiger charge is 2.66. The molecular formula is C37H55Cl2Si3. The Bertz CT molecular complexity index is 1310. The van der Waals surface area contributed by atoms with Crippen molar-refractivity contribution in [3.8, 4) is 0 Å². The zero-order chi connectivity index (χ0) is 31.0. The molecule has 1 radical (unpaired) electrons. The molecule has 42 heavy (non-hydrogen) atoms. The fourth-order valence-electron chi connectivity index (χ4n) is 7.54. The monoisotopic (exact) mass is 653 g/mol. The minimum atomic E-state index is -2.60. The van der Waals surface area contributed by atoms with Crippen LogP contribution in [0, 0.1) is 5.41 Å². The lowest BCUT2D eigenvalue weighted by Crippen LogP contribution is -2.63. The first-order valence-electron chi connectivity index (χ1n) is 16.3. The Morgan fingerprint density at radius 3 is 1.74 bits per heavy atom. The summed E-state index contributed by atoms with van der Waals surface area (Å²) >= 11 is 16.9. The summed E-state index contributed by atoms with van der Waals surface area (Å²) in [6.45, 7) is 22.0. The number of alkyl halides is 2. The van der Waals surface area contributed by atoms with Crippen molar-refractivity contribution in [3.05, 3.63) is 81.9 Å². The van der Waals surface area contributed by atoms with Crippen LogP contribution >= 0.6 is 23.2 Å². The SMILES string of the molecule is C[Si](C)CCC1=Cc2ccccc2C1(Cl)[Si](C)(CCCCCCC(C)(C)C)C1(Cl)C(C[Si](C)(C)C)=Cc2ccccc21. The second-order valence-electron chi connectivity index (χ2n) is 16.1. The molecule has 3 atom stereocenters. The fourth-order valence-corrected chi connectivity index (χ4v) is 17.8. The van der Waals surface area contributed by atoms with Gasteiger partial charge in [-0.15, -0.1) is 23.2 Å². The number of benzene rings is 2. The van der Waals surface area contributed by atoms with Gasteiger partial charge < -0.3 is 0 Å². The maximum Gasteiger partial charge on any atom is 0.120 e. The number of allylic oxidation sites excluding steroid dienone is 2. The van der Waals surface area contributed by atoms with E-state index in [1.165, 1.54) is 71.5 Å². The normalized spacial score (nSPS) is 23.4. The molecule has 2 aromatic rings. The summed E-state index contributed by atoms with van der Waals surface area (Å²) in [6.07, 6.45) is 12.3. The van der Waals surface area contributed by atoms with E-state index in [9.17, 15) is 0 Å². The van der Waals surface area contributed by atoms with Gasteiger partial charge in [-0.1, -0.05) is 164 Å².